The Kier molecular flexibility index (Phi) is 2.90. The Morgan fingerprint density at radius 2 is 1.81 bits per heavy atom. The Morgan fingerprint density at radius 3 is 2.44 bits per heavy atom. The van der Waals surface area contributed by atoms with Gasteiger partial charge >= 0.3 is 0 Å². The van der Waals surface area contributed by atoms with Crippen molar-refractivity contribution in [3.8, 4) is 0 Å². The number of pyridine rings is 1. The van der Waals surface area contributed by atoms with Crippen molar-refractivity contribution in [2.45, 2.75) is 33.1 Å². The summed E-state index contributed by atoms with van der Waals surface area (Å²) in [5, 5.41) is 1.20. The molecule has 1 atom stereocenters. The molecular formula is C14H16ClN. The van der Waals surface area contributed by atoms with Gasteiger partial charge in [0.15, 0.2) is 0 Å². The fourth-order valence-electron chi connectivity index (χ4n) is 2.04. The zero-order valence-corrected chi connectivity index (χ0v) is 10.9. The number of nitrogens with zero attached hydrogens (tertiary/aromatic N) is 1. The van der Waals surface area contributed by atoms with Gasteiger partial charge in [0.25, 0.3) is 0 Å². The van der Waals surface area contributed by atoms with Crippen molar-refractivity contribution in [3.05, 3.63) is 40.6 Å². The predicted molar refractivity (Wildman–Crippen MR) is 70.2 cm³/mol. The van der Waals surface area contributed by atoms with Gasteiger partial charge in [-0.3, -0.25) is 4.98 Å². The molecule has 0 aliphatic rings. The van der Waals surface area contributed by atoms with Crippen molar-refractivity contribution in [2.75, 3.05) is 0 Å². The first-order valence-corrected chi connectivity index (χ1v) is 5.96. The normalized spacial score (nSPS) is 13.1. The molecule has 0 saturated carbocycles. The molecule has 0 N–H and O–H groups in total. The van der Waals surface area contributed by atoms with Crippen molar-refractivity contribution >= 4 is 22.5 Å². The molecule has 1 heterocycles. The first-order chi connectivity index (χ1) is 7.50. The minimum absolute atomic E-state index is 0.0376. The van der Waals surface area contributed by atoms with Crippen LogP contribution in [0.1, 0.15) is 34.7 Å². The SMILES string of the molecule is Cc1ccc2nc(C(C)Cl)c(C)c(C)c2c1. The molecule has 84 valence electrons. The lowest BCUT2D eigenvalue weighted by molar-refractivity contribution is 0.982. The van der Waals surface area contributed by atoms with Crippen LogP contribution in [-0.4, -0.2) is 4.98 Å². The number of aryl methyl sites for hydroxylation is 2. The van der Waals surface area contributed by atoms with Crippen LogP contribution in [0.4, 0.5) is 0 Å². The highest BCUT2D eigenvalue weighted by Crippen LogP contribution is 2.28. The highest BCUT2D eigenvalue weighted by molar-refractivity contribution is 6.20. The standard InChI is InChI=1S/C14H16ClN/c1-8-5-6-13-12(7-8)9(2)10(3)14(16-13)11(4)15/h5-7,11H,1-4H3. The molecule has 0 fully saturated rings. The monoisotopic (exact) mass is 233 g/mol. The van der Waals surface area contributed by atoms with Crippen LogP contribution in [0.15, 0.2) is 18.2 Å². The number of alkyl halides is 1. The van der Waals surface area contributed by atoms with Gasteiger partial charge in [-0.05, 0) is 51.0 Å². The Balaban J connectivity index is 2.83. The summed E-state index contributed by atoms with van der Waals surface area (Å²) in [6.07, 6.45) is 0. The molecule has 0 aliphatic heterocycles. The van der Waals surface area contributed by atoms with Crippen molar-refractivity contribution in [1.82, 2.24) is 4.98 Å². The Morgan fingerprint density at radius 1 is 1.12 bits per heavy atom. The van der Waals surface area contributed by atoms with Gasteiger partial charge in [0.05, 0.1) is 16.6 Å². The number of hydrogen-bond donors (Lipinski definition) is 0. The average Bonchev–Trinajstić information content (AvgIpc) is 2.23. The van der Waals surface area contributed by atoms with Crippen molar-refractivity contribution in [1.29, 1.82) is 0 Å². The second-order valence-electron chi connectivity index (χ2n) is 4.38. The van der Waals surface area contributed by atoms with Crippen molar-refractivity contribution in [2.24, 2.45) is 0 Å². The van der Waals surface area contributed by atoms with E-state index in [-0.39, 0.29) is 5.38 Å². The molecule has 0 aliphatic carbocycles. The Labute approximate surface area is 101 Å². The molecule has 1 nitrogen and oxygen atoms in total. The van der Waals surface area contributed by atoms with Crippen LogP contribution in [0.25, 0.3) is 10.9 Å². The summed E-state index contributed by atoms with van der Waals surface area (Å²) in [4.78, 5) is 4.64. The Bertz CT molecular complexity index is 544. The van der Waals surface area contributed by atoms with E-state index in [0.717, 1.165) is 11.2 Å². The van der Waals surface area contributed by atoms with Gasteiger partial charge in [-0.25, -0.2) is 0 Å². The molecule has 1 aromatic heterocycles. The maximum atomic E-state index is 6.15. The van der Waals surface area contributed by atoms with Crippen LogP contribution in [0.3, 0.4) is 0 Å². The minimum atomic E-state index is -0.0376. The number of halogens is 1. The summed E-state index contributed by atoms with van der Waals surface area (Å²) in [5.41, 5.74) is 5.80. The zero-order valence-electron chi connectivity index (χ0n) is 10.1. The quantitative estimate of drug-likeness (QED) is 0.663. The number of aromatic nitrogens is 1. The smallest absolute Gasteiger partial charge is 0.0732 e. The summed E-state index contributed by atoms with van der Waals surface area (Å²) < 4.78 is 0. The molecule has 0 saturated heterocycles. The molecule has 0 amide bonds. The summed E-state index contributed by atoms with van der Waals surface area (Å²) >= 11 is 6.15. The molecule has 1 aromatic carbocycles. The van der Waals surface area contributed by atoms with E-state index < -0.39 is 0 Å². The molecule has 0 bridgehead atoms. The van der Waals surface area contributed by atoms with Gasteiger partial charge in [0.1, 0.15) is 0 Å². The lowest BCUT2D eigenvalue weighted by Gasteiger charge is -2.13. The van der Waals surface area contributed by atoms with E-state index in [0.29, 0.717) is 0 Å². The summed E-state index contributed by atoms with van der Waals surface area (Å²) in [6, 6.07) is 6.35. The van der Waals surface area contributed by atoms with E-state index in [1.807, 2.05) is 6.92 Å². The van der Waals surface area contributed by atoms with Gasteiger partial charge < -0.3 is 0 Å². The average molecular weight is 234 g/mol. The maximum Gasteiger partial charge on any atom is 0.0732 e. The van der Waals surface area contributed by atoms with Crippen LogP contribution >= 0.6 is 11.6 Å². The highest BCUT2D eigenvalue weighted by atomic mass is 35.5. The molecule has 0 spiro atoms. The van der Waals surface area contributed by atoms with E-state index in [4.69, 9.17) is 11.6 Å². The predicted octanol–water partition coefficient (Wildman–Crippen LogP) is 4.46. The zero-order chi connectivity index (χ0) is 11.9. The van der Waals surface area contributed by atoms with Gasteiger partial charge in [-0.1, -0.05) is 11.6 Å². The molecule has 2 heteroatoms. The largest absolute Gasteiger partial charge is 0.251 e. The first-order valence-electron chi connectivity index (χ1n) is 5.52. The lowest BCUT2D eigenvalue weighted by Crippen LogP contribution is -1.99. The number of rotatable bonds is 1. The third-order valence-corrected chi connectivity index (χ3v) is 3.33. The number of hydrogen-bond acceptors (Lipinski definition) is 1. The van der Waals surface area contributed by atoms with Gasteiger partial charge in [0.2, 0.25) is 0 Å². The maximum absolute atomic E-state index is 6.15. The van der Waals surface area contributed by atoms with E-state index in [1.54, 1.807) is 0 Å². The summed E-state index contributed by atoms with van der Waals surface area (Å²) in [6.45, 7) is 8.31. The van der Waals surface area contributed by atoms with Crippen molar-refractivity contribution in [3.63, 3.8) is 0 Å². The molecule has 16 heavy (non-hydrogen) atoms. The van der Waals surface area contributed by atoms with Crippen molar-refractivity contribution < 1.29 is 0 Å². The van der Waals surface area contributed by atoms with E-state index in [9.17, 15) is 0 Å². The fraction of sp³-hybridized carbons (Fsp3) is 0.357. The van der Waals surface area contributed by atoms with E-state index >= 15 is 0 Å². The van der Waals surface area contributed by atoms with Crippen LogP contribution in [0, 0.1) is 20.8 Å². The first kappa shape index (κ1) is 11.4. The fourth-order valence-corrected chi connectivity index (χ4v) is 2.26. The van der Waals surface area contributed by atoms with Crippen LogP contribution < -0.4 is 0 Å². The highest BCUT2D eigenvalue weighted by Gasteiger charge is 2.12. The van der Waals surface area contributed by atoms with Crippen LogP contribution in [0.2, 0.25) is 0 Å². The van der Waals surface area contributed by atoms with Crippen LogP contribution in [-0.2, 0) is 0 Å². The van der Waals surface area contributed by atoms with E-state index in [1.165, 1.54) is 22.1 Å². The summed E-state index contributed by atoms with van der Waals surface area (Å²) in [7, 11) is 0. The molecule has 0 radical (unpaired) electrons. The second-order valence-corrected chi connectivity index (χ2v) is 5.04. The molecule has 1 unspecified atom stereocenters. The number of benzene rings is 1. The number of fused-ring (bicyclic) bond motifs is 1. The molecule has 2 aromatic rings. The van der Waals surface area contributed by atoms with E-state index in [2.05, 4.69) is 44.0 Å². The molecule has 2 rings (SSSR count). The van der Waals surface area contributed by atoms with Gasteiger partial charge in [-0.15, -0.1) is 11.6 Å². The lowest BCUT2D eigenvalue weighted by atomic mass is 10.0. The topological polar surface area (TPSA) is 12.9 Å². The Hall–Kier alpha value is -1.08. The van der Waals surface area contributed by atoms with Crippen LogP contribution in [0.5, 0.6) is 0 Å². The van der Waals surface area contributed by atoms with Gasteiger partial charge in [0, 0.05) is 5.39 Å². The third-order valence-electron chi connectivity index (χ3n) is 3.12. The second kappa shape index (κ2) is 4.06. The molecular weight excluding hydrogens is 218 g/mol. The summed E-state index contributed by atoms with van der Waals surface area (Å²) in [5.74, 6) is 0. The van der Waals surface area contributed by atoms with Gasteiger partial charge in [-0.2, -0.15) is 0 Å². The minimum Gasteiger partial charge on any atom is -0.251 e. The third kappa shape index (κ3) is 1.80.